The van der Waals surface area contributed by atoms with Crippen LogP contribution in [0, 0.1) is 5.92 Å². The summed E-state index contributed by atoms with van der Waals surface area (Å²) in [5.74, 6) is 0.712. The number of piperidine rings is 1. The zero-order valence-corrected chi connectivity index (χ0v) is 12.8. The lowest BCUT2D eigenvalue weighted by atomic mass is 9.96. The molecule has 18 heavy (non-hydrogen) atoms. The molecule has 1 amide bonds. The number of nitrogens with one attached hydrogen (secondary N) is 1. The molecule has 2 rings (SSSR count). The Morgan fingerprint density at radius 1 is 1.22 bits per heavy atom. The van der Waals surface area contributed by atoms with Crippen LogP contribution < -0.4 is 5.32 Å². The van der Waals surface area contributed by atoms with Gasteiger partial charge >= 0.3 is 0 Å². The van der Waals surface area contributed by atoms with Gasteiger partial charge in [0.1, 0.15) is 0 Å². The van der Waals surface area contributed by atoms with Gasteiger partial charge in [0, 0.05) is 24.3 Å². The van der Waals surface area contributed by atoms with Gasteiger partial charge in [-0.05, 0) is 45.0 Å². The maximum Gasteiger partial charge on any atom is 0.225 e. The summed E-state index contributed by atoms with van der Waals surface area (Å²) in [6, 6.07) is 0. The minimum absolute atomic E-state index is 0. The molecule has 2 heterocycles. The second kappa shape index (κ2) is 8.28. The van der Waals surface area contributed by atoms with Crippen LogP contribution in [-0.2, 0) is 4.79 Å². The van der Waals surface area contributed by atoms with Crippen LogP contribution in [0.4, 0.5) is 0 Å². The number of halogens is 1. The van der Waals surface area contributed by atoms with Gasteiger partial charge in [0.05, 0.1) is 0 Å². The van der Waals surface area contributed by atoms with E-state index in [-0.39, 0.29) is 18.3 Å². The van der Waals surface area contributed by atoms with Crippen molar-refractivity contribution < 1.29 is 4.79 Å². The lowest BCUT2D eigenvalue weighted by molar-refractivity contribution is -0.136. The molecule has 2 saturated heterocycles. The Hall–Kier alpha value is 0.0700. The molecule has 0 saturated carbocycles. The van der Waals surface area contributed by atoms with E-state index >= 15 is 0 Å². The van der Waals surface area contributed by atoms with E-state index in [1.54, 1.807) is 0 Å². The van der Waals surface area contributed by atoms with Gasteiger partial charge in [0.2, 0.25) is 5.91 Å². The third-order valence-corrected chi connectivity index (χ3v) is 5.01. The zero-order chi connectivity index (χ0) is 12.1. The Kier molecular flexibility index (Phi) is 7.42. The Morgan fingerprint density at radius 2 is 1.94 bits per heavy atom. The smallest absolute Gasteiger partial charge is 0.225 e. The van der Waals surface area contributed by atoms with E-state index in [2.05, 4.69) is 16.5 Å². The molecule has 106 valence electrons. The first-order chi connectivity index (χ1) is 8.31. The number of nitrogens with zero attached hydrogens (tertiary/aromatic N) is 1. The molecule has 2 aliphatic heterocycles. The monoisotopic (exact) mass is 292 g/mol. The first-order valence-corrected chi connectivity index (χ1v) is 8.12. The molecule has 0 radical (unpaired) electrons. The Balaban J connectivity index is 0.00000162. The van der Waals surface area contributed by atoms with Crippen molar-refractivity contribution in [2.24, 2.45) is 5.92 Å². The molecule has 0 aromatic heterocycles. The molecule has 0 spiro atoms. The average molecular weight is 293 g/mol. The standard InChI is InChI=1S/C13H24N2OS.ClH/c1-17-12-4-2-3-9-15(10-12)13(16)11-5-7-14-8-6-11;/h11-12,14H,2-10H2,1H3;1H. The number of likely N-dealkylation sites (tertiary alicyclic amines) is 1. The van der Waals surface area contributed by atoms with E-state index < -0.39 is 0 Å². The van der Waals surface area contributed by atoms with Crippen LogP contribution in [0.2, 0.25) is 0 Å². The van der Waals surface area contributed by atoms with Crippen molar-refractivity contribution in [1.29, 1.82) is 0 Å². The molecule has 0 aliphatic carbocycles. The highest BCUT2D eigenvalue weighted by Crippen LogP contribution is 2.23. The first-order valence-electron chi connectivity index (χ1n) is 6.83. The minimum Gasteiger partial charge on any atom is -0.341 e. The lowest BCUT2D eigenvalue weighted by Crippen LogP contribution is -2.43. The van der Waals surface area contributed by atoms with Gasteiger partial charge in [-0.1, -0.05) is 6.42 Å². The van der Waals surface area contributed by atoms with Crippen molar-refractivity contribution in [3.63, 3.8) is 0 Å². The lowest BCUT2D eigenvalue weighted by Gasteiger charge is -2.30. The van der Waals surface area contributed by atoms with Crippen molar-refractivity contribution in [3.8, 4) is 0 Å². The minimum atomic E-state index is 0. The van der Waals surface area contributed by atoms with Gasteiger partial charge in [0.25, 0.3) is 0 Å². The quantitative estimate of drug-likeness (QED) is 0.846. The van der Waals surface area contributed by atoms with Crippen LogP contribution in [0.1, 0.15) is 32.1 Å². The highest BCUT2D eigenvalue weighted by molar-refractivity contribution is 7.99. The third kappa shape index (κ3) is 4.32. The maximum atomic E-state index is 12.5. The summed E-state index contributed by atoms with van der Waals surface area (Å²) in [6.45, 7) is 3.98. The summed E-state index contributed by atoms with van der Waals surface area (Å²) in [6.07, 6.45) is 7.97. The largest absolute Gasteiger partial charge is 0.341 e. The van der Waals surface area contributed by atoms with Gasteiger partial charge in [-0.15, -0.1) is 12.4 Å². The van der Waals surface area contributed by atoms with Crippen LogP contribution in [0.25, 0.3) is 0 Å². The van der Waals surface area contributed by atoms with E-state index in [1.165, 1.54) is 19.3 Å². The second-order valence-corrected chi connectivity index (χ2v) is 6.30. The number of carbonyl (C=O) groups is 1. The van der Waals surface area contributed by atoms with Crippen molar-refractivity contribution in [3.05, 3.63) is 0 Å². The molecule has 1 atom stereocenters. The van der Waals surface area contributed by atoms with E-state index in [1.807, 2.05) is 11.8 Å². The van der Waals surface area contributed by atoms with Gasteiger partial charge in [0.15, 0.2) is 0 Å². The van der Waals surface area contributed by atoms with Crippen LogP contribution in [0.5, 0.6) is 0 Å². The predicted molar refractivity (Wildman–Crippen MR) is 80.6 cm³/mol. The van der Waals surface area contributed by atoms with E-state index in [0.717, 1.165) is 39.0 Å². The normalized spacial score (nSPS) is 26.3. The van der Waals surface area contributed by atoms with Gasteiger partial charge in [-0.25, -0.2) is 0 Å². The fourth-order valence-electron chi connectivity index (χ4n) is 2.82. The molecule has 0 aromatic rings. The summed E-state index contributed by atoms with van der Waals surface area (Å²) in [7, 11) is 0. The topological polar surface area (TPSA) is 32.3 Å². The van der Waals surface area contributed by atoms with Crippen LogP contribution in [0.15, 0.2) is 0 Å². The summed E-state index contributed by atoms with van der Waals surface area (Å²) < 4.78 is 0. The Labute approximate surface area is 121 Å². The fraction of sp³-hybridized carbons (Fsp3) is 0.923. The van der Waals surface area contributed by atoms with Crippen LogP contribution in [-0.4, -0.2) is 48.5 Å². The molecule has 5 heteroatoms. The average Bonchev–Trinajstić information content (AvgIpc) is 2.64. The van der Waals surface area contributed by atoms with Gasteiger partial charge < -0.3 is 10.2 Å². The summed E-state index contributed by atoms with van der Waals surface area (Å²) >= 11 is 1.92. The summed E-state index contributed by atoms with van der Waals surface area (Å²) in [5.41, 5.74) is 0. The van der Waals surface area contributed by atoms with E-state index in [9.17, 15) is 4.79 Å². The molecule has 2 aliphatic rings. The molecule has 0 aromatic carbocycles. The van der Waals surface area contributed by atoms with Crippen LogP contribution >= 0.6 is 24.2 Å². The third-order valence-electron chi connectivity index (χ3n) is 3.96. The number of hydrogen-bond acceptors (Lipinski definition) is 3. The highest BCUT2D eigenvalue weighted by atomic mass is 35.5. The zero-order valence-electron chi connectivity index (χ0n) is 11.2. The van der Waals surface area contributed by atoms with Crippen molar-refractivity contribution >= 4 is 30.1 Å². The molecule has 1 unspecified atom stereocenters. The first kappa shape index (κ1) is 16.1. The predicted octanol–water partition coefficient (Wildman–Crippen LogP) is 2.15. The maximum absolute atomic E-state index is 12.5. The number of rotatable bonds is 2. The van der Waals surface area contributed by atoms with Crippen LogP contribution in [0.3, 0.4) is 0 Å². The van der Waals surface area contributed by atoms with Crippen molar-refractivity contribution in [1.82, 2.24) is 10.2 Å². The molecule has 1 N–H and O–H groups in total. The van der Waals surface area contributed by atoms with E-state index in [4.69, 9.17) is 0 Å². The van der Waals surface area contributed by atoms with E-state index in [0.29, 0.717) is 11.2 Å². The molecule has 0 bridgehead atoms. The number of hydrogen-bond donors (Lipinski definition) is 1. The summed E-state index contributed by atoms with van der Waals surface area (Å²) in [4.78, 5) is 14.6. The Morgan fingerprint density at radius 3 is 2.61 bits per heavy atom. The highest BCUT2D eigenvalue weighted by Gasteiger charge is 2.28. The SMILES string of the molecule is CSC1CCCCN(C(=O)C2CCNCC2)C1.Cl. The number of amides is 1. The number of thioether (sulfide) groups is 1. The molecule has 3 nitrogen and oxygen atoms in total. The molecular formula is C13H25ClN2OS. The van der Waals surface area contributed by atoms with Gasteiger partial charge in [-0.2, -0.15) is 11.8 Å². The van der Waals surface area contributed by atoms with Crippen molar-refractivity contribution in [2.45, 2.75) is 37.4 Å². The second-order valence-electron chi connectivity index (χ2n) is 5.16. The fourth-order valence-corrected chi connectivity index (χ4v) is 3.55. The summed E-state index contributed by atoms with van der Waals surface area (Å²) in [5, 5.41) is 3.99. The van der Waals surface area contributed by atoms with Gasteiger partial charge in [-0.3, -0.25) is 4.79 Å². The number of carbonyl (C=O) groups excluding carboxylic acids is 1. The van der Waals surface area contributed by atoms with Crippen molar-refractivity contribution in [2.75, 3.05) is 32.4 Å². The Bertz CT molecular complexity index is 259. The molecule has 2 fully saturated rings. The molecular weight excluding hydrogens is 268 g/mol.